The van der Waals surface area contributed by atoms with Gasteiger partial charge in [-0.15, -0.1) is 0 Å². The summed E-state index contributed by atoms with van der Waals surface area (Å²) in [6.45, 7) is 0. The number of fused-ring (bicyclic) bond motifs is 1. The van der Waals surface area contributed by atoms with E-state index in [9.17, 15) is 0 Å². The fraction of sp³-hybridized carbons (Fsp3) is 0.133. The molecule has 1 aromatic carbocycles. The topological polar surface area (TPSA) is 22.1 Å². The largest absolute Gasteiger partial charge is 0.481 e. The van der Waals surface area contributed by atoms with Gasteiger partial charge in [-0.05, 0) is 41.3 Å². The molecule has 0 bridgehead atoms. The molecule has 0 radical (unpaired) electrons. The maximum atomic E-state index is 5.29. The fourth-order valence-corrected chi connectivity index (χ4v) is 2.19. The molecule has 2 heteroatoms. The Balaban J connectivity index is 2.12. The van der Waals surface area contributed by atoms with Crippen LogP contribution >= 0.6 is 0 Å². The van der Waals surface area contributed by atoms with Crippen LogP contribution < -0.4 is 4.74 Å². The molecule has 0 unspecified atom stereocenters. The summed E-state index contributed by atoms with van der Waals surface area (Å²) in [6, 6.07) is 10.5. The Bertz CT molecular complexity index is 587. The van der Waals surface area contributed by atoms with Crippen LogP contribution in [0.5, 0.6) is 5.88 Å². The van der Waals surface area contributed by atoms with Crippen LogP contribution in [0.25, 0.3) is 17.2 Å². The molecular formula is C15H13NO. The average molecular weight is 223 g/mol. The van der Waals surface area contributed by atoms with Crippen molar-refractivity contribution in [2.24, 2.45) is 0 Å². The van der Waals surface area contributed by atoms with Crippen molar-refractivity contribution in [3.8, 4) is 17.0 Å². The predicted molar refractivity (Wildman–Crippen MR) is 69.0 cm³/mol. The molecule has 0 atom stereocenters. The van der Waals surface area contributed by atoms with E-state index in [1.165, 1.54) is 11.1 Å². The maximum Gasteiger partial charge on any atom is 0.221 e. The van der Waals surface area contributed by atoms with Gasteiger partial charge in [-0.3, -0.25) is 0 Å². The first-order valence-electron chi connectivity index (χ1n) is 5.67. The van der Waals surface area contributed by atoms with Crippen molar-refractivity contribution in [3.05, 3.63) is 53.7 Å². The molecule has 0 fully saturated rings. The van der Waals surface area contributed by atoms with Gasteiger partial charge in [0.1, 0.15) is 0 Å². The van der Waals surface area contributed by atoms with Gasteiger partial charge in [-0.1, -0.05) is 24.3 Å². The lowest BCUT2D eigenvalue weighted by atomic mass is 10.0. The van der Waals surface area contributed by atoms with Gasteiger partial charge in [0.05, 0.1) is 7.11 Å². The van der Waals surface area contributed by atoms with Crippen LogP contribution in [0.3, 0.4) is 0 Å². The summed E-state index contributed by atoms with van der Waals surface area (Å²) < 4.78 is 5.29. The molecule has 17 heavy (non-hydrogen) atoms. The number of ether oxygens (including phenoxy) is 1. The van der Waals surface area contributed by atoms with E-state index in [0.29, 0.717) is 5.88 Å². The highest BCUT2D eigenvalue weighted by Gasteiger charge is 2.10. The Kier molecular flexibility index (Phi) is 2.41. The van der Waals surface area contributed by atoms with Gasteiger partial charge in [0.25, 0.3) is 0 Å². The lowest BCUT2D eigenvalue weighted by Crippen LogP contribution is -1.91. The lowest BCUT2D eigenvalue weighted by Gasteiger charge is -2.08. The van der Waals surface area contributed by atoms with E-state index in [4.69, 9.17) is 4.74 Å². The highest BCUT2D eigenvalue weighted by atomic mass is 16.5. The number of nitrogens with zero attached hydrogens (tertiary/aromatic N) is 1. The van der Waals surface area contributed by atoms with Gasteiger partial charge in [-0.2, -0.15) is 0 Å². The molecule has 1 aliphatic carbocycles. The quantitative estimate of drug-likeness (QED) is 0.779. The number of hydrogen-bond donors (Lipinski definition) is 0. The van der Waals surface area contributed by atoms with Gasteiger partial charge in [0.15, 0.2) is 0 Å². The zero-order valence-corrected chi connectivity index (χ0v) is 9.68. The number of pyridine rings is 1. The summed E-state index contributed by atoms with van der Waals surface area (Å²) >= 11 is 0. The SMILES string of the molecule is COc1ncccc1-c1ccc2c(c1)C=CC2. The number of hydrogen-bond acceptors (Lipinski definition) is 2. The Morgan fingerprint density at radius 3 is 3.06 bits per heavy atom. The normalized spacial score (nSPS) is 12.5. The molecule has 1 aromatic heterocycles. The number of methoxy groups -OCH3 is 1. The van der Waals surface area contributed by atoms with Crippen molar-refractivity contribution in [3.63, 3.8) is 0 Å². The molecule has 1 aliphatic rings. The predicted octanol–water partition coefficient (Wildman–Crippen LogP) is 3.33. The Labute approximate surface area is 101 Å². The van der Waals surface area contributed by atoms with Crippen LogP contribution in [0, 0.1) is 0 Å². The standard InChI is InChI=1S/C15H13NO/c1-17-15-14(6-3-9-16-15)13-8-7-11-4-2-5-12(11)10-13/h2-3,5-10H,4H2,1H3. The fourth-order valence-electron chi connectivity index (χ4n) is 2.19. The van der Waals surface area contributed by atoms with Crippen LogP contribution in [-0.2, 0) is 6.42 Å². The smallest absolute Gasteiger partial charge is 0.221 e. The summed E-state index contributed by atoms with van der Waals surface area (Å²) in [5, 5.41) is 0. The maximum absolute atomic E-state index is 5.29. The third kappa shape index (κ3) is 1.72. The zero-order chi connectivity index (χ0) is 11.7. The van der Waals surface area contributed by atoms with Crippen LogP contribution in [0.4, 0.5) is 0 Å². The van der Waals surface area contributed by atoms with Crippen LogP contribution in [-0.4, -0.2) is 12.1 Å². The molecule has 0 saturated heterocycles. The van der Waals surface area contributed by atoms with E-state index >= 15 is 0 Å². The molecule has 0 saturated carbocycles. The van der Waals surface area contributed by atoms with E-state index in [-0.39, 0.29) is 0 Å². The van der Waals surface area contributed by atoms with Crippen molar-refractivity contribution >= 4 is 6.08 Å². The average Bonchev–Trinajstić information content (AvgIpc) is 2.85. The molecule has 1 heterocycles. The van der Waals surface area contributed by atoms with Crippen molar-refractivity contribution in [1.82, 2.24) is 4.98 Å². The van der Waals surface area contributed by atoms with E-state index in [2.05, 4.69) is 35.3 Å². The number of allylic oxidation sites excluding steroid dienone is 1. The summed E-state index contributed by atoms with van der Waals surface area (Å²) in [5.74, 6) is 0.675. The van der Waals surface area contributed by atoms with Crippen LogP contribution in [0.2, 0.25) is 0 Å². The molecular weight excluding hydrogens is 210 g/mol. The Morgan fingerprint density at radius 2 is 2.18 bits per heavy atom. The minimum atomic E-state index is 0.675. The highest BCUT2D eigenvalue weighted by Crippen LogP contribution is 2.31. The van der Waals surface area contributed by atoms with Crippen molar-refractivity contribution in [1.29, 1.82) is 0 Å². The van der Waals surface area contributed by atoms with E-state index in [1.807, 2.05) is 12.1 Å². The summed E-state index contributed by atoms with van der Waals surface area (Å²) in [7, 11) is 1.65. The molecule has 0 aliphatic heterocycles. The monoisotopic (exact) mass is 223 g/mol. The van der Waals surface area contributed by atoms with Crippen molar-refractivity contribution in [2.75, 3.05) is 7.11 Å². The molecule has 2 aromatic rings. The summed E-state index contributed by atoms with van der Waals surface area (Å²) in [6.07, 6.45) is 7.14. The number of rotatable bonds is 2. The minimum absolute atomic E-state index is 0.675. The third-order valence-corrected chi connectivity index (χ3v) is 3.06. The van der Waals surface area contributed by atoms with Gasteiger partial charge in [0.2, 0.25) is 5.88 Å². The number of benzene rings is 1. The van der Waals surface area contributed by atoms with E-state index in [0.717, 1.165) is 17.5 Å². The Morgan fingerprint density at radius 1 is 1.24 bits per heavy atom. The zero-order valence-electron chi connectivity index (χ0n) is 9.68. The lowest BCUT2D eigenvalue weighted by molar-refractivity contribution is 0.399. The van der Waals surface area contributed by atoms with Crippen LogP contribution in [0.1, 0.15) is 11.1 Å². The minimum Gasteiger partial charge on any atom is -0.481 e. The van der Waals surface area contributed by atoms with Crippen molar-refractivity contribution < 1.29 is 4.74 Å². The van der Waals surface area contributed by atoms with E-state index < -0.39 is 0 Å². The van der Waals surface area contributed by atoms with Gasteiger partial charge in [-0.25, -0.2) is 4.98 Å². The summed E-state index contributed by atoms with van der Waals surface area (Å²) in [5.41, 5.74) is 4.88. The molecule has 3 rings (SSSR count). The first kappa shape index (κ1) is 10.1. The molecule has 0 spiro atoms. The van der Waals surface area contributed by atoms with Gasteiger partial charge >= 0.3 is 0 Å². The van der Waals surface area contributed by atoms with E-state index in [1.54, 1.807) is 13.3 Å². The first-order chi connectivity index (χ1) is 8.38. The van der Waals surface area contributed by atoms with Crippen LogP contribution in [0.15, 0.2) is 42.6 Å². The van der Waals surface area contributed by atoms with Crippen molar-refractivity contribution in [2.45, 2.75) is 6.42 Å². The first-order valence-corrected chi connectivity index (χ1v) is 5.67. The van der Waals surface area contributed by atoms with Gasteiger partial charge in [0, 0.05) is 11.8 Å². The molecule has 84 valence electrons. The highest BCUT2D eigenvalue weighted by molar-refractivity contribution is 5.73. The van der Waals surface area contributed by atoms with Gasteiger partial charge < -0.3 is 4.74 Å². The summed E-state index contributed by atoms with van der Waals surface area (Å²) in [4.78, 5) is 4.23. The third-order valence-electron chi connectivity index (χ3n) is 3.06. The second-order valence-electron chi connectivity index (χ2n) is 4.08. The molecule has 0 N–H and O–H groups in total. The Hall–Kier alpha value is -2.09. The molecule has 0 amide bonds. The second-order valence-corrected chi connectivity index (χ2v) is 4.08. The molecule has 2 nitrogen and oxygen atoms in total. The second kappa shape index (κ2) is 4.06. The number of aromatic nitrogens is 1.